The number of hydrogen-bond acceptors (Lipinski definition) is 5. The van der Waals surface area contributed by atoms with Gasteiger partial charge in [0.05, 0.1) is 0 Å². The summed E-state index contributed by atoms with van der Waals surface area (Å²) < 4.78 is 10.9. The second kappa shape index (κ2) is 11.4. The van der Waals surface area contributed by atoms with Gasteiger partial charge in [-0.05, 0) is 67.5 Å². The van der Waals surface area contributed by atoms with Crippen molar-refractivity contribution < 1.29 is 19.1 Å². The lowest BCUT2D eigenvalue weighted by atomic mass is 9.98. The number of fused-ring (bicyclic) bond motifs is 3. The number of carbonyl (C=O) groups is 2. The van der Waals surface area contributed by atoms with Crippen molar-refractivity contribution >= 4 is 12.1 Å². The molecule has 3 rings (SSSR count). The van der Waals surface area contributed by atoms with Crippen LogP contribution in [0.2, 0.25) is 0 Å². The zero-order chi connectivity index (χ0) is 24.6. The molecule has 1 atom stereocenters. The highest BCUT2D eigenvalue weighted by Gasteiger charge is 2.29. The molecule has 1 amide bonds. The molecule has 1 aliphatic rings. The smallest absolute Gasteiger partial charge is 0.407 e. The molecule has 2 N–H and O–H groups in total. The molecule has 34 heavy (non-hydrogen) atoms. The number of rotatable bonds is 10. The predicted molar refractivity (Wildman–Crippen MR) is 129 cm³/mol. The van der Waals surface area contributed by atoms with Crippen molar-refractivity contribution in [3.05, 3.63) is 70.1 Å². The molecule has 2 aromatic carbocycles. The van der Waals surface area contributed by atoms with E-state index >= 15 is 0 Å². The maximum absolute atomic E-state index is 12.3. The average Bonchev–Trinajstić information content (AvgIpc) is 3.12. The quantitative estimate of drug-likeness (QED) is 0.124. The average molecular weight is 466 g/mol. The molecule has 0 aromatic heterocycles. The van der Waals surface area contributed by atoms with E-state index in [0.29, 0.717) is 25.8 Å². The summed E-state index contributed by atoms with van der Waals surface area (Å²) in [5.41, 5.74) is 15.1. The summed E-state index contributed by atoms with van der Waals surface area (Å²) in [6.45, 7) is 5.98. The largest absolute Gasteiger partial charge is 0.457 e. The third-order valence-corrected chi connectivity index (χ3v) is 5.48. The highest BCUT2D eigenvalue weighted by atomic mass is 16.6. The molecule has 0 radical (unpaired) electrons. The van der Waals surface area contributed by atoms with Gasteiger partial charge in [0, 0.05) is 12.5 Å². The molecule has 9 heteroatoms. The van der Waals surface area contributed by atoms with E-state index in [1.54, 1.807) is 20.8 Å². The van der Waals surface area contributed by atoms with Crippen LogP contribution in [0, 0.1) is 0 Å². The van der Waals surface area contributed by atoms with E-state index in [2.05, 4.69) is 45.1 Å². The van der Waals surface area contributed by atoms with Crippen molar-refractivity contribution in [1.29, 1.82) is 0 Å². The Morgan fingerprint density at radius 2 is 1.68 bits per heavy atom. The summed E-state index contributed by atoms with van der Waals surface area (Å²) in [5.74, 6) is -0.469. The Labute approximate surface area is 199 Å². The summed E-state index contributed by atoms with van der Waals surface area (Å²) in [6.07, 6.45) is 1.17. The molecular weight excluding hydrogens is 434 g/mol. The van der Waals surface area contributed by atoms with E-state index in [9.17, 15) is 9.59 Å². The number of nitrogens with zero attached hydrogens (tertiary/aromatic N) is 3. The van der Waals surface area contributed by atoms with Crippen LogP contribution >= 0.6 is 0 Å². The summed E-state index contributed by atoms with van der Waals surface area (Å²) in [6, 6.07) is 15.6. The molecule has 0 spiro atoms. The standard InChI is InChI=1S/C25H31N5O4/c1-25(2,3)34-23(31)22(28-30-29-26)14-8-9-15-27-24(32)33-16-21-19-12-6-4-10-17(19)18-11-5-7-13-20(18)21/h4-7,10-13,21-22,28H,8-9,14-16H2,1-3H3,(H,27,32)/t22-/m0/s1. The lowest BCUT2D eigenvalue weighted by Crippen LogP contribution is -2.39. The number of hydrogen-bond donors (Lipinski definition) is 2. The Balaban J connectivity index is 1.43. The summed E-state index contributed by atoms with van der Waals surface area (Å²) in [4.78, 5) is 27.2. The van der Waals surface area contributed by atoms with Crippen LogP contribution in [0.25, 0.3) is 21.6 Å². The summed E-state index contributed by atoms with van der Waals surface area (Å²) in [7, 11) is 0. The number of benzene rings is 2. The molecule has 0 unspecified atom stereocenters. The monoisotopic (exact) mass is 465 g/mol. The van der Waals surface area contributed by atoms with E-state index in [1.807, 2.05) is 24.3 Å². The minimum atomic E-state index is -0.746. The summed E-state index contributed by atoms with van der Waals surface area (Å²) in [5, 5.41) is 6.04. The minimum Gasteiger partial charge on any atom is -0.457 e. The fourth-order valence-corrected chi connectivity index (χ4v) is 4.02. The number of esters is 1. The molecule has 0 saturated heterocycles. The van der Waals surface area contributed by atoms with Crippen molar-refractivity contribution in [2.75, 3.05) is 13.2 Å². The topological polar surface area (TPSA) is 125 Å². The van der Waals surface area contributed by atoms with Gasteiger partial charge in [-0.25, -0.2) is 15.0 Å². The zero-order valence-corrected chi connectivity index (χ0v) is 19.8. The first-order chi connectivity index (χ1) is 16.3. The Morgan fingerprint density at radius 3 is 2.26 bits per heavy atom. The zero-order valence-electron chi connectivity index (χ0n) is 19.8. The first kappa shape index (κ1) is 24.9. The third kappa shape index (κ3) is 6.65. The maximum Gasteiger partial charge on any atom is 0.407 e. The number of ether oxygens (including phenoxy) is 2. The van der Waals surface area contributed by atoms with Gasteiger partial charge in [0.1, 0.15) is 12.2 Å². The Hall–Kier alpha value is -3.71. The second-order valence-corrected chi connectivity index (χ2v) is 9.15. The van der Waals surface area contributed by atoms with Gasteiger partial charge in [-0.3, -0.25) is 0 Å². The van der Waals surface area contributed by atoms with Gasteiger partial charge in [-0.15, -0.1) is 5.53 Å². The fraction of sp³-hybridized carbons (Fsp3) is 0.440. The van der Waals surface area contributed by atoms with Gasteiger partial charge in [-0.2, -0.15) is 4.91 Å². The van der Waals surface area contributed by atoms with Gasteiger partial charge < -0.3 is 14.8 Å². The molecule has 0 fully saturated rings. The van der Waals surface area contributed by atoms with E-state index < -0.39 is 23.7 Å². The normalized spacial score (nSPS) is 13.1. The Kier molecular flexibility index (Phi) is 8.38. The third-order valence-electron chi connectivity index (χ3n) is 5.48. The van der Waals surface area contributed by atoms with E-state index in [1.165, 1.54) is 11.1 Å². The Morgan fingerprint density at radius 1 is 1.06 bits per heavy atom. The predicted octanol–water partition coefficient (Wildman–Crippen LogP) is 5.22. The molecule has 9 nitrogen and oxygen atoms in total. The first-order valence-electron chi connectivity index (χ1n) is 11.4. The maximum atomic E-state index is 12.3. The lowest BCUT2D eigenvalue weighted by Gasteiger charge is -2.22. The minimum absolute atomic E-state index is 0.0134. The van der Waals surface area contributed by atoms with Gasteiger partial charge >= 0.3 is 12.1 Å². The second-order valence-electron chi connectivity index (χ2n) is 9.15. The number of unbranched alkanes of at least 4 members (excludes halogenated alkanes) is 1. The van der Waals surface area contributed by atoms with Crippen molar-refractivity contribution in [3.8, 4) is 11.1 Å². The van der Waals surface area contributed by atoms with Crippen LogP contribution < -0.4 is 10.7 Å². The highest BCUT2D eigenvalue weighted by molar-refractivity contribution is 5.79. The number of azide groups is 1. The van der Waals surface area contributed by atoms with Gasteiger partial charge in [0.25, 0.3) is 0 Å². The number of alkyl carbamates (subject to hydrolysis) is 1. The van der Waals surface area contributed by atoms with Crippen LogP contribution in [0.1, 0.15) is 57.1 Å². The molecule has 1 aliphatic carbocycles. The van der Waals surface area contributed by atoms with Crippen LogP contribution in [0.3, 0.4) is 0 Å². The highest BCUT2D eigenvalue weighted by Crippen LogP contribution is 2.44. The molecular formula is C25H31N5O4. The van der Waals surface area contributed by atoms with Crippen molar-refractivity contribution in [2.24, 2.45) is 5.22 Å². The molecule has 180 valence electrons. The van der Waals surface area contributed by atoms with Crippen molar-refractivity contribution in [3.63, 3.8) is 0 Å². The number of nitrogens with one attached hydrogen (secondary N) is 2. The number of carbonyl (C=O) groups excluding carboxylic acids is 2. The fourth-order valence-electron chi connectivity index (χ4n) is 4.02. The van der Waals surface area contributed by atoms with E-state index in [0.717, 1.165) is 11.1 Å². The van der Waals surface area contributed by atoms with Gasteiger partial charge in [0.15, 0.2) is 6.04 Å². The SMILES string of the molecule is CC(C)(C)OC(=O)[C@H](CCCCNC(=O)OCC1c2ccccc2-c2ccccc21)NN=[N+]=[N-]. The van der Waals surface area contributed by atoms with Crippen LogP contribution in [0.4, 0.5) is 4.79 Å². The van der Waals surface area contributed by atoms with Gasteiger partial charge in [-0.1, -0.05) is 48.5 Å². The van der Waals surface area contributed by atoms with E-state index in [-0.39, 0.29) is 12.5 Å². The van der Waals surface area contributed by atoms with E-state index in [4.69, 9.17) is 15.0 Å². The summed E-state index contributed by atoms with van der Waals surface area (Å²) >= 11 is 0. The van der Waals surface area contributed by atoms with Crippen molar-refractivity contribution in [1.82, 2.24) is 10.7 Å². The van der Waals surface area contributed by atoms with Crippen LogP contribution in [-0.4, -0.2) is 36.9 Å². The van der Waals surface area contributed by atoms with Crippen molar-refractivity contribution in [2.45, 2.75) is 57.6 Å². The lowest BCUT2D eigenvalue weighted by molar-refractivity contribution is -0.157. The Bertz CT molecular complexity index is 1010. The molecule has 0 saturated carbocycles. The molecule has 0 bridgehead atoms. The van der Waals surface area contributed by atoms with Crippen LogP contribution in [0.15, 0.2) is 53.8 Å². The van der Waals surface area contributed by atoms with Gasteiger partial charge in [0.2, 0.25) is 0 Å². The molecule has 2 aromatic rings. The van der Waals surface area contributed by atoms with Crippen LogP contribution in [0.5, 0.6) is 0 Å². The molecule has 0 heterocycles. The van der Waals surface area contributed by atoms with Crippen LogP contribution in [-0.2, 0) is 14.3 Å². The first-order valence-corrected chi connectivity index (χ1v) is 11.4. The molecule has 0 aliphatic heterocycles. The number of amides is 1.